The number of carboxylic acids is 1. The number of carbonyl (C=O) groups is 2. The van der Waals surface area contributed by atoms with Crippen LogP contribution in [-0.4, -0.2) is 41.6 Å². The standard InChI is InChI=1S/C12H20N2O3/c1-12(10(15)16)5-2-6-14(8-12)11(17)13-7-9-3-4-9/h9H,2-8H2,1H3,(H,13,17)(H,15,16). The van der Waals surface area contributed by atoms with E-state index in [0.717, 1.165) is 13.0 Å². The first-order valence-corrected chi connectivity index (χ1v) is 6.27. The van der Waals surface area contributed by atoms with Crippen LogP contribution in [0.5, 0.6) is 0 Å². The first-order chi connectivity index (χ1) is 8.01. The summed E-state index contributed by atoms with van der Waals surface area (Å²) in [6, 6.07) is -0.107. The summed E-state index contributed by atoms with van der Waals surface area (Å²) in [7, 11) is 0. The number of piperidine rings is 1. The number of amides is 2. The number of urea groups is 1. The van der Waals surface area contributed by atoms with E-state index in [-0.39, 0.29) is 6.03 Å². The Balaban J connectivity index is 1.87. The van der Waals surface area contributed by atoms with Gasteiger partial charge in [-0.1, -0.05) is 0 Å². The summed E-state index contributed by atoms with van der Waals surface area (Å²) < 4.78 is 0. The predicted molar refractivity (Wildman–Crippen MR) is 62.7 cm³/mol. The van der Waals surface area contributed by atoms with Crippen LogP contribution in [0.4, 0.5) is 4.79 Å². The summed E-state index contributed by atoms with van der Waals surface area (Å²) >= 11 is 0. The minimum absolute atomic E-state index is 0.107. The third-order valence-corrected chi connectivity index (χ3v) is 3.74. The molecule has 2 aliphatic rings. The number of likely N-dealkylation sites (tertiary alicyclic amines) is 1. The molecule has 0 aromatic heterocycles. The molecule has 96 valence electrons. The molecule has 1 atom stereocenters. The van der Waals surface area contributed by atoms with Crippen LogP contribution < -0.4 is 5.32 Å². The van der Waals surface area contributed by atoms with Gasteiger partial charge in [0, 0.05) is 19.6 Å². The van der Waals surface area contributed by atoms with Crippen molar-refractivity contribution in [3.8, 4) is 0 Å². The summed E-state index contributed by atoms with van der Waals surface area (Å²) in [5.41, 5.74) is -0.783. The van der Waals surface area contributed by atoms with Crippen molar-refractivity contribution in [1.82, 2.24) is 10.2 Å². The number of hydrogen-bond donors (Lipinski definition) is 2. The van der Waals surface area contributed by atoms with Gasteiger partial charge in [0.1, 0.15) is 0 Å². The lowest BCUT2D eigenvalue weighted by molar-refractivity contribution is -0.150. The van der Waals surface area contributed by atoms with Crippen LogP contribution >= 0.6 is 0 Å². The van der Waals surface area contributed by atoms with Crippen molar-refractivity contribution in [2.24, 2.45) is 11.3 Å². The van der Waals surface area contributed by atoms with Crippen LogP contribution in [0.1, 0.15) is 32.6 Å². The Morgan fingerprint density at radius 1 is 1.47 bits per heavy atom. The Morgan fingerprint density at radius 2 is 2.18 bits per heavy atom. The zero-order valence-electron chi connectivity index (χ0n) is 10.2. The van der Waals surface area contributed by atoms with Crippen molar-refractivity contribution in [2.75, 3.05) is 19.6 Å². The van der Waals surface area contributed by atoms with Crippen molar-refractivity contribution in [1.29, 1.82) is 0 Å². The summed E-state index contributed by atoms with van der Waals surface area (Å²) in [4.78, 5) is 24.7. The van der Waals surface area contributed by atoms with E-state index in [1.165, 1.54) is 12.8 Å². The van der Waals surface area contributed by atoms with Crippen LogP contribution in [0.15, 0.2) is 0 Å². The van der Waals surface area contributed by atoms with Gasteiger partial charge in [-0.05, 0) is 38.5 Å². The molecule has 1 aliphatic carbocycles. The maximum atomic E-state index is 11.9. The molecule has 17 heavy (non-hydrogen) atoms. The number of carboxylic acid groups (broad SMARTS) is 1. The highest BCUT2D eigenvalue weighted by atomic mass is 16.4. The molecule has 1 saturated carbocycles. The third-order valence-electron chi connectivity index (χ3n) is 3.74. The van der Waals surface area contributed by atoms with Gasteiger partial charge in [0.2, 0.25) is 0 Å². The highest BCUT2D eigenvalue weighted by Crippen LogP contribution is 2.30. The number of hydrogen-bond acceptors (Lipinski definition) is 2. The van der Waals surface area contributed by atoms with Crippen molar-refractivity contribution in [2.45, 2.75) is 32.6 Å². The highest BCUT2D eigenvalue weighted by Gasteiger charge is 2.39. The summed E-state index contributed by atoms with van der Waals surface area (Å²) in [5, 5.41) is 12.1. The molecular weight excluding hydrogens is 220 g/mol. The van der Waals surface area contributed by atoms with Crippen LogP contribution in [-0.2, 0) is 4.79 Å². The van der Waals surface area contributed by atoms with E-state index in [4.69, 9.17) is 5.11 Å². The van der Waals surface area contributed by atoms with E-state index in [9.17, 15) is 9.59 Å². The van der Waals surface area contributed by atoms with E-state index < -0.39 is 11.4 Å². The first kappa shape index (κ1) is 12.2. The summed E-state index contributed by atoms with van der Waals surface area (Å²) in [5.74, 6) is -0.160. The van der Waals surface area contributed by atoms with Crippen molar-refractivity contribution < 1.29 is 14.7 Å². The van der Waals surface area contributed by atoms with Gasteiger partial charge in [-0.2, -0.15) is 0 Å². The molecule has 5 heteroatoms. The Morgan fingerprint density at radius 3 is 2.76 bits per heavy atom. The fourth-order valence-electron chi connectivity index (χ4n) is 2.25. The normalized spacial score (nSPS) is 28.9. The van der Waals surface area contributed by atoms with Gasteiger partial charge < -0.3 is 15.3 Å². The summed E-state index contributed by atoms with van der Waals surface area (Å²) in [6.07, 6.45) is 3.81. The van der Waals surface area contributed by atoms with Gasteiger partial charge >= 0.3 is 12.0 Å². The van der Waals surface area contributed by atoms with Gasteiger partial charge in [-0.15, -0.1) is 0 Å². The molecule has 1 aliphatic heterocycles. The molecule has 2 N–H and O–H groups in total. The van der Waals surface area contributed by atoms with Gasteiger partial charge in [0.05, 0.1) is 5.41 Å². The number of aliphatic carboxylic acids is 1. The first-order valence-electron chi connectivity index (χ1n) is 6.27. The maximum absolute atomic E-state index is 11.9. The monoisotopic (exact) mass is 240 g/mol. The van der Waals surface area contributed by atoms with E-state index in [1.807, 2.05) is 0 Å². The SMILES string of the molecule is CC1(C(=O)O)CCCN(C(=O)NCC2CC2)C1. The number of nitrogens with zero attached hydrogens (tertiary/aromatic N) is 1. The van der Waals surface area contributed by atoms with Crippen LogP contribution in [0.3, 0.4) is 0 Å². The average Bonchev–Trinajstić information content (AvgIpc) is 3.09. The molecule has 0 bridgehead atoms. The fourth-order valence-corrected chi connectivity index (χ4v) is 2.25. The molecule has 1 saturated heterocycles. The molecule has 1 unspecified atom stereocenters. The molecule has 1 heterocycles. The molecule has 0 spiro atoms. The van der Waals surface area contributed by atoms with Crippen LogP contribution in [0.2, 0.25) is 0 Å². The maximum Gasteiger partial charge on any atom is 0.317 e. The lowest BCUT2D eigenvalue weighted by atomic mass is 9.82. The highest BCUT2D eigenvalue weighted by molar-refractivity contribution is 5.78. The van der Waals surface area contributed by atoms with Gasteiger partial charge in [0.15, 0.2) is 0 Å². The van der Waals surface area contributed by atoms with Gasteiger partial charge in [-0.25, -0.2) is 4.79 Å². The van der Waals surface area contributed by atoms with Gasteiger partial charge in [-0.3, -0.25) is 4.79 Å². The van der Waals surface area contributed by atoms with E-state index in [0.29, 0.717) is 25.4 Å². The molecule has 2 amide bonds. The quantitative estimate of drug-likeness (QED) is 0.781. The Bertz CT molecular complexity index is 328. The van der Waals surface area contributed by atoms with E-state index in [1.54, 1.807) is 11.8 Å². The second-order valence-corrected chi connectivity index (χ2v) is 5.52. The number of carbonyl (C=O) groups excluding carboxylic acids is 1. The molecule has 2 fully saturated rings. The van der Waals surface area contributed by atoms with Crippen LogP contribution in [0, 0.1) is 11.3 Å². The fraction of sp³-hybridized carbons (Fsp3) is 0.833. The lowest BCUT2D eigenvalue weighted by Crippen LogP contribution is -2.51. The molecular formula is C12H20N2O3. The molecule has 5 nitrogen and oxygen atoms in total. The van der Waals surface area contributed by atoms with E-state index >= 15 is 0 Å². The van der Waals surface area contributed by atoms with E-state index in [2.05, 4.69) is 5.32 Å². The largest absolute Gasteiger partial charge is 0.481 e. The Hall–Kier alpha value is -1.26. The van der Waals surface area contributed by atoms with Crippen LogP contribution in [0.25, 0.3) is 0 Å². The van der Waals surface area contributed by atoms with Crippen molar-refractivity contribution in [3.05, 3.63) is 0 Å². The average molecular weight is 240 g/mol. The number of nitrogens with one attached hydrogen (secondary N) is 1. The molecule has 2 rings (SSSR count). The second kappa shape index (κ2) is 4.55. The lowest BCUT2D eigenvalue weighted by Gasteiger charge is -2.37. The number of rotatable bonds is 3. The third kappa shape index (κ3) is 2.90. The Labute approximate surface area is 101 Å². The molecule has 0 aromatic rings. The van der Waals surface area contributed by atoms with Crippen molar-refractivity contribution >= 4 is 12.0 Å². The zero-order valence-corrected chi connectivity index (χ0v) is 10.2. The second-order valence-electron chi connectivity index (χ2n) is 5.52. The minimum atomic E-state index is -0.808. The summed E-state index contributed by atoms with van der Waals surface area (Å²) in [6.45, 7) is 3.44. The molecule has 0 radical (unpaired) electrons. The molecule has 0 aromatic carbocycles. The zero-order chi connectivity index (χ0) is 12.5. The minimum Gasteiger partial charge on any atom is -0.481 e. The smallest absolute Gasteiger partial charge is 0.317 e. The van der Waals surface area contributed by atoms with Crippen molar-refractivity contribution in [3.63, 3.8) is 0 Å². The Kier molecular flexibility index (Phi) is 3.26. The topological polar surface area (TPSA) is 69.6 Å². The predicted octanol–water partition coefficient (Wildman–Crippen LogP) is 1.29. The van der Waals surface area contributed by atoms with Gasteiger partial charge in [0.25, 0.3) is 0 Å².